The number of likely N-dealkylation sites (tertiary alicyclic amines) is 1. The molecule has 2 aliphatic rings. The standard InChI is InChI=1S/C20H21ClN4O3/c1-20(2)17-6-12(21)4-5-16(17)18(26)25(20)14-7-13(8-22-9-14)23(3)15-10-24(11-15)19(27)28/h4-9,15H,10-11H2,1-3H3,(H,27,28). The van der Waals surface area contributed by atoms with Crippen molar-refractivity contribution in [2.75, 3.05) is 29.9 Å². The van der Waals surface area contributed by atoms with Crippen molar-refractivity contribution < 1.29 is 14.7 Å². The van der Waals surface area contributed by atoms with E-state index in [9.17, 15) is 9.59 Å². The van der Waals surface area contributed by atoms with Crippen LogP contribution < -0.4 is 9.80 Å². The van der Waals surface area contributed by atoms with Crippen LogP contribution in [0.1, 0.15) is 29.8 Å². The minimum absolute atomic E-state index is 0.0843. The largest absolute Gasteiger partial charge is 0.465 e. The van der Waals surface area contributed by atoms with Crippen molar-refractivity contribution in [3.05, 3.63) is 52.8 Å². The summed E-state index contributed by atoms with van der Waals surface area (Å²) in [6.45, 7) is 4.88. The van der Waals surface area contributed by atoms with Crippen LogP contribution in [-0.4, -0.2) is 53.2 Å². The molecular weight excluding hydrogens is 380 g/mol. The number of anilines is 2. The number of halogens is 1. The maximum Gasteiger partial charge on any atom is 0.407 e. The molecule has 0 aliphatic carbocycles. The van der Waals surface area contributed by atoms with Crippen LogP contribution in [0.2, 0.25) is 5.02 Å². The Balaban J connectivity index is 1.63. The van der Waals surface area contributed by atoms with E-state index in [1.807, 2.05) is 37.9 Å². The maximum atomic E-state index is 13.1. The molecule has 4 rings (SSSR count). The molecule has 0 radical (unpaired) electrons. The number of nitrogens with zero attached hydrogens (tertiary/aromatic N) is 4. The highest BCUT2D eigenvalue weighted by molar-refractivity contribution is 6.31. The topological polar surface area (TPSA) is 77.0 Å². The predicted molar refractivity (Wildman–Crippen MR) is 107 cm³/mol. The fourth-order valence-corrected chi connectivity index (χ4v) is 4.11. The Morgan fingerprint density at radius 2 is 2.00 bits per heavy atom. The summed E-state index contributed by atoms with van der Waals surface area (Å²) in [5.74, 6) is -0.0843. The Labute approximate surface area is 168 Å². The zero-order valence-corrected chi connectivity index (χ0v) is 16.6. The van der Waals surface area contributed by atoms with Crippen LogP contribution in [0, 0.1) is 0 Å². The van der Waals surface area contributed by atoms with Crippen molar-refractivity contribution in [1.82, 2.24) is 9.88 Å². The van der Waals surface area contributed by atoms with E-state index in [4.69, 9.17) is 16.7 Å². The van der Waals surface area contributed by atoms with Crippen LogP contribution in [0.3, 0.4) is 0 Å². The van der Waals surface area contributed by atoms with Gasteiger partial charge in [0.05, 0.1) is 35.3 Å². The van der Waals surface area contributed by atoms with Crippen LogP contribution in [0.25, 0.3) is 0 Å². The van der Waals surface area contributed by atoms with Gasteiger partial charge in [-0.2, -0.15) is 0 Å². The fourth-order valence-electron chi connectivity index (χ4n) is 3.94. The molecule has 1 aromatic carbocycles. The van der Waals surface area contributed by atoms with Gasteiger partial charge in [0.1, 0.15) is 0 Å². The van der Waals surface area contributed by atoms with Gasteiger partial charge in [-0.3, -0.25) is 14.7 Å². The third-order valence-corrected chi connectivity index (χ3v) is 5.92. The summed E-state index contributed by atoms with van der Waals surface area (Å²) in [6, 6.07) is 7.34. The van der Waals surface area contributed by atoms with E-state index in [0.717, 1.165) is 11.3 Å². The molecule has 1 N–H and O–H groups in total. The molecule has 2 aromatic rings. The summed E-state index contributed by atoms with van der Waals surface area (Å²) in [5.41, 5.74) is 2.50. The molecule has 1 aromatic heterocycles. The molecule has 28 heavy (non-hydrogen) atoms. The Kier molecular flexibility index (Phi) is 4.23. The van der Waals surface area contributed by atoms with Crippen molar-refractivity contribution in [3.63, 3.8) is 0 Å². The molecular formula is C20H21ClN4O3. The number of fused-ring (bicyclic) bond motifs is 1. The first-order valence-electron chi connectivity index (χ1n) is 9.00. The Morgan fingerprint density at radius 3 is 2.68 bits per heavy atom. The molecule has 2 aliphatic heterocycles. The first-order chi connectivity index (χ1) is 13.2. The second-order valence-electron chi connectivity index (χ2n) is 7.74. The van der Waals surface area contributed by atoms with Crippen LogP contribution in [-0.2, 0) is 5.54 Å². The molecule has 146 valence electrons. The lowest BCUT2D eigenvalue weighted by atomic mass is 9.93. The number of benzene rings is 1. The van der Waals surface area contributed by atoms with E-state index in [-0.39, 0.29) is 11.9 Å². The van der Waals surface area contributed by atoms with Gasteiger partial charge in [0, 0.05) is 30.7 Å². The van der Waals surface area contributed by atoms with Gasteiger partial charge in [-0.15, -0.1) is 0 Å². The lowest BCUT2D eigenvalue weighted by molar-refractivity contribution is 0.0981. The minimum atomic E-state index is -0.905. The van der Waals surface area contributed by atoms with E-state index >= 15 is 0 Å². The third kappa shape index (κ3) is 2.77. The Morgan fingerprint density at radius 1 is 1.29 bits per heavy atom. The summed E-state index contributed by atoms with van der Waals surface area (Å²) in [5, 5.41) is 9.62. The van der Waals surface area contributed by atoms with E-state index < -0.39 is 11.6 Å². The Bertz CT molecular complexity index is 972. The third-order valence-electron chi connectivity index (χ3n) is 5.69. The lowest BCUT2D eigenvalue weighted by Gasteiger charge is -2.43. The number of carbonyl (C=O) groups excluding carboxylic acids is 1. The number of hydrogen-bond acceptors (Lipinski definition) is 4. The number of rotatable bonds is 3. The molecule has 0 bridgehead atoms. The molecule has 3 heterocycles. The van der Waals surface area contributed by atoms with E-state index in [1.54, 1.807) is 29.4 Å². The van der Waals surface area contributed by atoms with Crippen molar-refractivity contribution in [1.29, 1.82) is 0 Å². The SMILES string of the molecule is CN(c1cncc(N2C(=O)c3ccc(Cl)cc3C2(C)C)c1)C1CN(C(=O)O)C1. The number of pyridine rings is 1. The summed E-state index contributed by atoms with van der Waals surface area (Å²) in [6.07, 6.45) is 2.50. The molecule has 0 unspecified atom stereocenters. The molecule has 2 amide bonds. The van der Waals surface area contributed by atoms with Crippen molar-refractivity contribution in [2.24, 2.45) is 0 Å². The van der Waals surface area contributed by atoms with Gasteiger partial charge in [0.15, 0.2) is 0 Å². The van der Waals surface area contributed by atoms with Crippen LogP contribution >= 0.6 is 11.6 Å². The second-order valence-corrected chi connectivity index (χ2v) is 8.18. The van der Waals surface area contributed by atoms with Crippen LogP contribution in [0.5, 0.6) is 0 Å². The zero-order valence-electron chi connectivity index (χ0n) is 15.9. The maximum absolute atomic E-state index is 13.1. The molecule has 1 saturated heterocycles. The van der Waals surface area contributed by atoms with Gasteiger partial charge >= 0.3 is 6.09 Å². The number of likely N-dealkylation sites (N-methyl/N-ethyl adjacent to an activating group) is 1. The molecule has 1 fully saturated rings. The quantitative estimate of drug-likeness (QED) is 0.854. The fraction of sp³-hybridized carbons (Fsp3) is 0.350. The van der Waals surface area contributed by atoms with Gasteiger partial charge in [-0.1, -0.05) is 11.6 Å². The molecule has 0 saturated carbocycles. The zero-order chi connectivity index (χ0) is 20.2. The minimum Gasteiger partial charge on any atom is -0.465 e. The molecule has 8 heteroatoms. The first kappa shape index (κ1) is 18.6. The van der Waals surface area contributed by atoms with E-state index in [2.05, 4.69) is 4.98 Å². The normalized spacial score (nSPS) is 18.1. The smallest absolute Gasteiger partial charge is 0.407 e. The second kappa shape index (κ2) is 6.38. The summed E-state index contributed by atoms with van der Waals surface area (Å²) in [7, 11) is 1.91. The molecule has 7 nitrogen and oxygen atoms in total. The summed E-state index contributed by atoms with van der Waals surface area (Å²) >= 11 is 6.16. The Hall–Kier alpha value is -2.80. The number of hydrogen-bond donors (Lipinski definition) is 1. The van der Waals surface area contributed by atoms with Gasteiger partial charge in [0.25, 0.3) is 5.91 Å². The van der Waals surface area contributed by atoms with Gasteiger partial charge in [0.2, 0.25) is 0 Å². The lowest BCUT2D eigenvalue weighted by Crippen LogP contribution is -2.60. The van der Waals surface area contributed by atoms with E-state index in [0.29, 0.717) is 29.4 Å². The number of aromatic nitrogens is 1. The molecule has 0 spiro atoms. The first-order valence-corrected chi connectivity index (χ1v) is 9.38. The van der Waals surface area contributed by atoms with Crippen LogP contribution in [0.15, 0.2) is 36.7 Å². The highest BCUT2D eigenvalue weighted by Crippen LogP contribution is 2.43. The van der Waals surface area contributed by atoms with Crippen molar-refractivity contribution in [3.8, 4) is 0 Å². The number of carbonyl (C=O) groups is 2. The van der Waals surface area contributed by atoms with E-state index in [1.165, 1.54) is 4.90 Å². The molecule has 0 atom stereocenters. The monoisotopic (exact) mass is 400 g/mol. The van der Waals surface area contributed by atoms with Gasteiger partial charge in [-0.25, -0.2) is 4.79 Å². The van der Waals surface area contributed by atoms with Crippen molar-refractivity contribution >= 4 is 35.0 Å². The number of amides is 2. The highest BCUT2D eigenvalue weighted by Gasteiger charge is 2.44. The van der Waals surface area contributed by atoms with Gasteiger partial charge < -0.3 is 14.9 Å². The summed E-state index contributed by atoms with van der Waals surface area (Å²) < 4.78 is 0. The van der Waals surface area contributed by atoms with Gasteiger partial charge in [-0.05, 0) is 43.7 Å². The highest BCUT2D eigenvalue weighted by atomic mass is 35.5. The average Bonchev–Trinajstić information content (AvgIpc) is 2.79. The number of carboxylic acid groups (broad SMARTS) is 1. The van der Waals surface area contributed by atoms with Crippen LogP contribution in [0.4, 0.5) is 16.2 Å². The van der Waals surface area contributed by atoms with Crippen molar-refractivity contribution in [2.45, 2.75) is 25.4 Å². The predicted octanol–water partition coefficient (Wildman–Crippen LogP) is 3.43. The summed E-state index contributed by atoms with van der Waals surface area (Å²) in [4.78, 5) is 33.5. The average molecular weight is 401 g/mol.